The van der Waals surface area contributed by atoms with Crippen molar-refractivity contribution in [2.24, 2.45) is 10.8 Å². The zero-order valence-corrected chi connectivity index (χ0v) is 13.9. The summed E-state index contributed by atoms with van der Waals surface area (Å²) >= 11 is 0. The molecule has 4 heteroatoms. The van der Waals surface area contributed by atoms with Gasteiger partial charge in [-0.05, 0) is 42.9 Å². The summed E-state index contributed by atoms with van der Waals surface area (Å²) in [6, 6.07) is 0.423. The first-order valence-electron chi connectivity index (χ1n) is 8.11. The Hall–Kier alpha value is -1.06. The molecule has 2 aliphatic rings. The zero-order chi connectivity index (χ0) is 15.7. The molecule has 2 rings (SSSR count). The average Bonchev–Trinajstić information content (AvgIpc) is 2.63. The highest BCUT2D eigenvalue weighted by atomic mass is 16.5. The van der Waals surface area contributed by atoms with Gasteiger partial charge in [0.15, 0.2) is 0 Å². The Bertz CT molecular complexity index is 418. The number of rotatable bonds is 5. The lowest BCUT2D eigenvalue weighted by molar-refractivity contribution is -0.141. The Morgan fingerprint density at radius 3 is 2.48 bits per heavy atom. The van der Waals surface area contributed by atoms with Crippen LogP contribution in [0.2, 0.25) is 0 Å². The molecule has 0 spiro atoms. The van der Waals surface area contributed by atoms with Gasteiger partial charge in [-0.15, -0.1) is 0 Å². The predicted molar refractivity (Wildman–Crippen MR) is 81.7 cm³/mol. The smallest absolute Gasteiger partial charge is 0.305 e. The van der Waals surface area contributed by atoms with E-state index in [-0.39, 0.29) is 11.9 Å². The van der Waals surface area contributed by atoms with Gasteiger partial charge in [-0.1, -0.05) is 20.8 Å². The Morgan fingerprint density at radius 2 is 1.81 bits per heavy atom. The Balaban J connectivity index is 1.83. The number of carbonyl (C=O) groups excluding carboxylic acids is 2. The molecule has 0 N–H and O–H groups in total. The molecule has 0 radical (unpaired) electrons. The van der Waals surface area contributed by atoms with Gasteiger partial charge in [0.1, 0.15) is 0 Å². The number of amides is 1. The quantitative estimate of drug-likeness (QED) is 0.578. The van der Waals surface area contributed by atoms with Gasteiger partial charge in [-0.3, -0.25) is 9.59 Å². The van der Waals surface area contributed by atoms with Gasteiger partial charge >= 0.3 is 5.97 Å². The molecule has 0 unspecified atom stereocenters. The number of nitrogens with zero attached hydrogens (tertiary/aromatic N) is 1. The van der Waals surface area contributed by atoms with Gasteiger partial charge in [-0.25, -0.2) is 0 Å². The third-order valence-corrected chi connectivity index (χ3v) is 4.98. The number of carbonyl (C=O) groups is 2. The monoisotopic (exact) mass is 295 g/mol. The first kappa shape index (κ1) is 16.3. The van der Waals surface area contributed by atoms with E-state index in [0.29, 0.717) is 29.7 Å². The molecule has 1 saturated heterocycles. The fourth-order valence-corrected chi connectivity index (χ4v) is 4.54. The van der Waals surface area contributed by atoms with E-state index in [4.69, 9.17) is 0 Å². The number of fused-ring (bicyclic) bond motifs is 2. The van der Waals surface area contributed by atoms with Crippen molar-refractivity contribution in [3.05, 3.63) is 0 Å². The second-order valence-electron chi connectivity index (χ2n) is 8.02. The highest BCUT2D eigenvalue weighted by molar-refractivity contribution is 5.77. The molecule has 1 saturated carbocycles. The summed E-state index contributed by atoms with van der Waals surface area (Å²) in [6.45, 7) is 7.88. The van der Waals surface area contributed by atoms with Crippen LogP contribution in [0.25, 0.3) is 0 Å². The van der Waals surface area contributed by atoms with E-state index in [1.807, 2.05) is 0 Å². The summed E-state index contributed by atoms with van der Waals surface area (Å²) < 4.78 is 4.62. The van der Waals surface area contributed by atoms with Crippen LogP contribution in [-0.2, 0) is 14.3 Å². The lowest BCUT2D eigenvalue weighted by Gasteiger charge is -2.39. The number of hydrogen-bond acceptors (Lipinski definition) is 3. The van der Waals surface area contributed by atoms with Crippen molar-refractivity contribution in [1.29, 1.82) is 0 Å². The van der Waals surface area contributed by atoms with Gasteiger partial charge in [0.05, 0.1) is 7.11 Å². The highest BCUT2D eigenvalue weighted by Gasteiger charge is 2.50. The number of hydrogen-bond donors (Lipinski definition) is 0. The Morgan fingerprint density at radius 1 is 1.14 bits per heavy atom. The summed E-state index contributed by atoms with van der Waals surface area (Å²) in [7, 11) is 1.40. The third kappa shape index (κ3) is 3.98. The standard InChI is InChI=1S/C17H29NO3/c1-16(2)9-13-10-17(3,11-16)12-18(13)14(19)7-5-6-8-15(20)21-4/h13H,5-12H2,1-4H3/t13-,17+/m1/s1. The van der Waals surface area contributed by atoms with E-state index in [1.165, 1.54) is 13.5 Å². The average molecular weight is 295 g/mol. The fraction of sp³-hybridized carbons (Fsp3) is 0.882. The van der Waals surface area contributed by atoms with Crippen LogP contribution in [0, 0.1) is 10.8 Å². The molecule has 4 nitrogen and oxygen atoms in total. The van der Waals surface area contributed by atoms with Crippen LogP contribution >= 0.6 is 0 Å². The molecule has 0 aromatic carbocycles. The first-order chi connectivity index (χ1) is 9.75. The molecule has 2 atom stereocenters. The molecule has 1 amide bonds. The number of likely N-dealkylation sites (tertiary alicyclic amines) is 1. The second-order valence-corrected chi connectivity index (χ2v) is 8.02. The lowest BCUT2D eigenvalue weighted by Crippen LogP contribution is -2.37. The molecule has 120 valence electrons. The molecule has 2 bridgehead atoms. The maximum Gasteiger partial charge on any atom is 0.305 e. The summed E-state index contributed by atoms with van der Waals surface area (Å²) in [4.78, 5) is 25.6. The van der Waals surface area contributed by atoms with E-state index in [0.717, 1.165) is 32.2 Å². The zero-order valence-electron chi connectivity index (χ0n) is 13.9. The van der Waals surface area contributed by atoms with E-state index in [2.05, 4.69) is 30.4 Å². The largest absolute Gasteiger partial charge is 0.469 e. The predicted octanol–water partition coefficient (Wildman–Crippen LogP) is 3.15. The molecule has 0 aromatic rings. The Kier molecular flexibility index (Phi) is 4.64. The first-order valence-corrected chi connectivity index (χ1v) is 8.11. The molecule has 0 aromatic heterocycles. The minimum Gasteiger partial charge on any atom is -0.469 e. The van der Waals surface area contributed by atoms with Crippen molar-refractivity contribution in [3.8, 4) is 0 Å². The molecule has 1 aliphatic carbocycles. The van der Waals surface area contributed by atoms with E-state index < -0.39 is 0 Å². The Labute approximate surface area is 128 Å². The SMILES string of the molecule is COC(=O)CCCCC(=O)N1C[C@@]2(C)C[C@H]1CC(C)(C)C2. The van der Waals surface area contributed by atoms with E-state index >= 15 is 0 Å². The van der Waals surface area contributed by atoms with Crippen molar-refractivity contribution < 1.29 is 14.3 Å². The van der Waals surface area contributed by atoms with Gasteiger partial charge < -0.3 is 9.64 Å². The van der Waals surface area contributed by atoms with E-state index in [9.17, 15) is 9.59 Å². The van der Waals surface area contributed by atoms with Crippen LogP contribution in [-0.4, -0.2) is 36.5 Å². The second kappa shape index (κ2) is 5.98. The van der Waals surface area contributed by atoms with Crippen molar-refractivity contribution in [2.75, 3.05) is 13.7 Å². The van der Waals surface area contributed by atoms with Crippen molar-refractivity contribution in [1.82, 2.24) is 4.90 Å². The molecular weight excluding hydrogens is 266 g/mol. The summed E-state index contributed by atoms with van der Waals surface area (Å²) in [6.07, 6.45) is 5.97. The molecule has 21 heavy (non-hydrogen) atoms. The van der Waals surface area contributed by atoms with Crippen LogP contribution in [0.4, 0.5) is 0 Å². The van der Waals surface area contributed by atoms with Gasteiger partial charge in [0.2, 0.25) is 5.91 Å². The maximum absolute atomic E-state index is 12.5. The minimum atomic E-state index is -0.186. The van der Waals surface area contributed by atoms with Crippen LogP contribution in [0.3, 0.4) is 0 Å². The van der Waals surface area contributed by atoms with Crippen LogP contribution in [0.5, 0.6) is 0 Å². The number of unbranched alkanes of at least 4 members (excludes halogenated alkanes) is 1. The van der Waals surface area contributed by atoms with E-state index in [1.54, 1.807) is 0 Å². The minimum absolute atomic E-state index is 0.186. The number of methoxy groups -OCH3 is 1. The van der Waals surface area contributed by atoms with Crippen molar-refractivity contribution in [3.63, 3.8) is 0 Å². The van der Waals surface area contributed by atoms with Gasteiger partial charge in [0.25, 0.3) is 0 Å². The van der Waals surface area contributed by atoms with Crippen LogP contribution in [0.1, 0.15) is 65.7 Å². The number of ether oxygens (including phenoxy) is 1. The van der Waals surface area contributed by atoms with Crippen LogP contribution in [0.15, 0.2) is 0 Å². The van der Waals surface area contributed by atoms with Gasteiger partial charge in [-0.2, -0.15) is 0 Å². The van der Waals surface area contributed by atoms with Crippen LogP contribution < -0.4 is 0 Å². The maximum atomic E-state index is 12.5. The third-order valence-electron chi connectivity index (χ3n) is 4.98. The molecule has 2 fully saturated rings. The van der Waals surface area contributed by atoms with Gasteiger partial charge in [0, 0.05) is 25.4 Å². The summed E-state index contributed by atoms with van der Waals surface area (Å²) in [5.41, 5.74) is 0.645. The molecular formula is C17H29NO3. The number of esters is 1. The van der Waals surface area contributed by atoms with Crippen molar-refractivity contribution >= 4 is 11.9 Å². The molecule has 1 heterocycles. The lowest BCUT2D eigenvalue weighted by atomic mass is 9.65. The topological polar surface area (TPSA) is 46.6 Å². The highest BCUT2D eigenvalue weighted by Crippen LogP contribution is 2.52. The fourth-order valence-electron chi connectivity index (χ4n) is 4.54. The summed E-state index contributed by atoms with van der Waals surface area (Å²) in [5.74, 6) is 0.0834. The van der Waals surface area contributed by atoms with Crippen molar-refractivity contribution in [2.45, 2.75) is 71.8 Å². The summed E-state index contributed by atoms with van der Waals surface area (Å²) in [5, 5.41) is 0. The molecule has 1 aliphatic heterocycles. The normalized spacial score (nSPS) is 30.3.